The summed E-state index contributed by atoms with van der Waals surface area (Å²) in [5.74, 6) is 4.02. The van der Waals surface area contributed by atoms with E-state index in [4.69, 9.17) is 0 Å². The number of hydrogen-bond donors (Lipinski definition) is 2. The fourth-order valence-corrected chi connectivity index (χ4v) is 9.15. The van der Waals surface area contributed by atoms with E-state index in [2.05, 4.69) is 34.6 Å². The molecule has 4 rings (SSSR count). The van der Waals surface area contributed by atoms with Gasteiger partial charge in [0, 0.05) is 0 Å². The van der Waals surface area contributed by atoms with Crippen molar-refractivity contribution in [2.45, 2.75) is 123 Å². The second-order valence-electron chi connectivity index (χ2n) is 12.6. The number of fused-ring (bicyclic) bond motifs is 5. The third-order valence-corrected chi connectivity index (χ3v) is 11.3. The largest absolute Gasteiger partial charge is 0.393 e. The van der Waals surface area contributed by atoms with Gasteiger partial charge in [-0.25, -0.2) is 0 Å². The molecular formula is C27H48O2. The van der Waals surface area contributed by atoms with E-state index in [9.17, 15) is 10.2 Å². The average molecular weight is 405 g/mol. The van der Waals surface area contributed by atoms with E-state index in [-0.39, 0.29) is 17.4 Å². The summed E-state index contributed by atoms with van der Waals surface area (Å²) in [5, 5.41) is 22.4. The zero-order valence-electron chi connectivity index (χ0n) is 19.9. The molecule has 29 heavy (non-hydrogen) atoms. The lowest BCUT2D eigenvalue weighted by atomic mass is 9.44. The molecule has 2 nitrogen and oxygen atoms in total. The number of aliphatic hydroxyl groups is 2. The average Bonchev–Trinajstić information content (AvgIpc) is 2.97. The predicted octanol–water partition coefficient (Wildman–Crippen LogP) is 6.58. The molecule has 0 spiro atoms. The van der Waals surface area contributed by atoms with Crippen molar-refractivity contribution in [1.29, 1.82) is 0 Å². The smallest absolute Gasteiger partial charge is 0.0729 e. The van der Waals surface area contributed by atoms with Gasteiger partial charge in [0.05, 0.1) is 11.7 Å². The van der Waals surface area contributed by atoms with Crippen LogP contribution in [0.5, 0.6) is 0 Å². The molecule has 168 valence electrons. The van der Waals surface area contributed by atoms with E-state index in [1.165, 1.54) is 57.8 Å². The number of aliphatic hydroxyl groups excluding tert-OH is 1. The van der Waals surface area contributed by atoms with Crippen molar-refractivity contribution in [3.05, 3.63) is 0 Å². The van der Waals surface area contributed by atoms with Crippen molar-refractivity contribution in [2.24, 2.45) is 46.3 Å². The summed E-state index contributed by atoms with van der Waals surface area (Å²) >= 11 is 0. The molecule has 0 aromatic heterocycles. The highest BCUT2D eigenvalue weighted by Gasteiger charge is 2.65. The van der Waals surface area contributed by atoms with Gasteiger partial charge in [0.1, 0.15) is 0 Å². The molecule has 2 heteroatoms. The van der Waals surface area contributed by atoms with Crippen LogP contribution in [-0.4, -0.2) is 21.9 Å². The van der Waals surface area contributed by atoms with Gasteiger partial charge in [0.25, 0.3) is 0 Å². The minimum Gasteiger partial charge on any atom is -0.393 e. The molecule has 2 N–H and O–H groups in total. The molecule has 0 heterocycles. The molecule has 0 bridgehead atoms. The molecule has 0 amide bonds. The highest BCUT2D eigenvalue weighted by atomic mass is 16.3. The second-order valence-corrected chi connectivity index (χ2v) is 12.6. The van der Waals surface area contributed by atoms with Crippen LogP contribution in [0.1, 0.15) is 112 Å². The molecule has 0 radical (unpaired) electrons. The van der Waals surface area contributed by atoms with Crippen LogP contribution in [0.4, 0.5) is 0 Å². The summed E-state index contributed by atoms with van der Waals surface area (Å²) in [5.41, 5.74) is 0.119. The molecule has 0 aliphatic heterocycles. The van der Waals surface area contributed by atoms with Crippen molar-refractivity contribution in [1.82, 2.24) is 0 Å². The minimum atomic E-state index is -0.538. The lowest BCUT2D eigenvalue weighted by molar-refractivity contribution is -0.169. The quantitative estimate of drug-likeness (QED) is 0.543. The molecule has 4 saturated carbocycles. The lowest BCUT2D eigenvalue weighted by Gasteiger charge is -2.61. The first-order valence-electron chi connectivity index (χ1n) is 13.0. The van der Waals surface area contributed by atoms with Crippen LogP contribution in [0.2, 0.25) is 0 Å². The third kappa shape index (κ3) is 3.34. The van der Waals surface area contributed by atoms with Gasteiger partial charge < -0.3 is 10.2 Å². The highest BCUT2D eigenvalue weighted by Crippen LogP contribution is 2.69. The zero-order valence-corrected chi connectivity index (χ0v) is 19.9. The van der Waals surface area contributed by atoms with Crippen molar-refractivity contribution in [3.8, 4) is 0 Å². The monoisotopic (exact) mass is 404 g/mol. The summed E-state index contributed by atoms with van der Waals surface area (Å²) in [6, 6.07) is 0. The van der Waals surface area contributed by atoms with Crippen LogP contribution in [-0.2, 0) is 0 Å². The van der Waals surface area contributed by atoms with Crippen molar-refractivity contribution in [3.63, 3.8) is 0 Å². The van der Waals surface area contributed by atoms with Gasteiger partial charge in [0.15, 0.2) is 0 Å². The Bertz CT molecular complexity index is 587. The van der Waals surface area contributed by atoms with Gasteiger partial charge in [-0.2, -0.15) is 0 Å². The Morgan fingerprint density at radius 1 is 0.828 bits per heavy atom. The predicted molar refractivity (Wildman–Crippen MR) is 121 cm³/mol. The van der Waals surface area contributed by atoms with E-state index in [1.54, 1.807) is 0 Å². The van der Waals surface area contributed by atoms with Crippen molar-refractivity contribution < 1.29 is 10.2 Å². The van der Waals surface area contributed by atoms with Crippen LogP contribution in [0.3, 0.4) is 0 Å². The first-order chi connectivity index (χ1) is 13.6. The molecular weight excluding hydrogens is 356 g/mol. The maximum Gasteiger partial charge on any atom is 0.0729 e. The van der Waals surface area contributed by atoms with Crippen LogP contribution >= 0.6 is 0 Å². The molecule has 4 fully saturated rings. The van der Waals surface area contributed by atoms with Crippen LogP contribution < -0.4 is 0 Å². The number of hydrogen-bond acceptors (Lipinski definition) is 2. The van der Waals surface area contributed by atoms with Crippen LogP contribution in [0.15, 0.2) is 0 Å². The molecule has 4 aliphatic carbocycles. The SMILES string of the molecule is CC(C)C(O)CCC(C)[C@@]1(O)CC[C@H]2[C@@H]3CCC4CCCC[C@]4(C)[C@H]3CC[C@@]21C. The van der Waals surface area contributed by atoms with Gasteiger partial charge in [-0.15, -0.1) is 0 Å². The molecule has 9 atom stereocenters. The first-order valence-corrected chi connectivity index (χ1v) is 13.0. The number of rotatable bonds is 5. The zero-order chi connectivity index (χ0) is 21.0. The Kier molecular flexibility index (Phi) is 5.95. The van der Waals surface area contributed by atoms with Crippen LogP contribution in [0.25, 0.3) is 0 Å². The van der Waals surface area contributed by atoms with Gasteiger partial charge in [0.2, 0.25) is 0 Å². The Balaban J connectivity index is 1.51. The van der Waals surface area contributed by atoms with Gasteiger partial charge in [-0.1, -0.05) is 47.5 Å². The normalized spacial score (nSPS) is 49.2. The first kappa shape index (κ1) is 22.1. The Morgan fingerprint density at radius 3 is 2.28 bits per heavy atom. The van der Waals surface area contributed by atoms with E-state index in [0.717, 1.165) is 37.0 Å². The molecule has 0 aromatic carbocycles. The van der Waals surface area contributed by atoms with E-state index in [1.807, 2.05) is 0 Å². The van der Waals surface area contributed by atoms with Gasteiger partial charge >= 0.3 is 0 Å². The third-order valence-electron chi connectivity index (χ3n) is 11.3. The van der Waals surface area contributed by atoms with Crippen LogP contribution in [0, 0.1) is 46.3 Å². The second kappa shape index (κ2) is 7.80. The van der Waals surface area contributed by atoms with Crippen molar-refractivity contribution in [2.75, 3.05) is 0 Å². The topological polar surface area (TPSA) is 40.5 Å². The molecule has 4 aliphatic rings. The van der Waals surface area contributed by atoms with Gasteiger partial charge in [-0.3, -0.25) is 0 Å². The fraction of sp³-hybridized carbons (Fsp3) is 1.00. The van der Waals surface area contributed by atoms with E-state index >= 15 is 0 Å². The summed E-state index contributed by atoms with van der Waals surface area (Å²) in [7, 11) is 0. The Hall–Kier alpha value is -0.0800. The minimum absolute atomic E-state index is 0.0776. The Morgan fingerprint density at radius 2 is 1.55 bits per heavy atom. The maximum atomic E-state index is 12.1. The van der Waals surface area contributed by atoms with E-state index in [0.29, 0.717) is 17.3 Å². The highest BCUT2D eigenvalue weighted by molar-refractivity contribution is 5.14. The van der Waals surface area contributed by atoms with Crippen molar-refractivity contribution >= 4 is 0 Å². The standard InChI is InChI=1S/C27H48O2/c1-18(2)24(28)12-9-19(3)27(29)17-14-23-21-11-10-20-8-6-7-15-25(20,4)22(21)13-16-26(23,27)5/h18-24,28-29H,6-17H2,1-5H3/t19?,20?,21-,22+,23+,24?,25+,26+,27+/m1/s1. The van der Waals surface area contributed by atoms with Gasteiger partial charge in [-0.05, 0) is 111 Å². The van der Waals surface area contributed by atoms with E-state index < -0.39 is 5.60 Å². The summed E-state index contributed by atoms with van der Waals surface area (Å²) in [4.78, 5) is 0. The molecule has 0 aromatic rings. The summed E-state index contributed by atoms with van der Waals surface area (Å²) in [6.45, 7) is 11.6. The summed E-state index contributed by atoms with van der Waals surface area (Å²) in [6.07, 6.45) is 15.0. The maximum absolute atomic E-state index is 12.1. The Labute approximate surface area is 180 Å². The molecule has 0 saturated heterocycles. The lowest BCUT2D eigenvalue weighted by Crippen LogP contribution is -2.57. The summed E-state index contributed by atoms with van der Waals surface area (Å²) < 4.78 is 0. The fourth-order valence-electron chi connectivity index (χ4n) is 9.15. The molecule has 3 unspecified atom stereocenters.